The number of alkyl halides is 2. The first-order valence-electron chi connectivity index (χ1n) is 4.80. The Hall–Kier alpha value is -0.960. The first-order chi connectivity index (χ1) is 6.73. The smallest absolute Gasteiger partial charge is 0.256 e. The predicted octanol–water partition coefficient (Wildman–Crippen LogP) is 2.57. The molecule has 14 heavy (non-hydrogen) atoms. The zero-order chi connectivity index (χ0) is 10.0. The highest BCUT2D eigenvalue weighted by Gasteiger charge is 2.50. The van der Waals surface area contributed by atoms with Crippen LogP contribution in [0.25, 0.3) is 0 Å². The molecule has 0 aromatic heterocycles. The Balaban J connectivity index is 1.89. The van der Waals surface area contributed by atoms with Crippen molar-refractivity contribution in [2.24, 2.45) is 0 Å². The molecule has 0 unspecified atom stereocenters. The lowest BCUT2D eigenvalue weighted by Crippen LogP contribution is -2.37. The van der Waals surface area contributed by atoms with Crippen LogP contribution < -0.4 is 5.32 Å². The van der Waals surface area contributed by atoms with Gasteiger partial charge in [-0.25, -0.2) is 8.78 Å². The van der Waals surface area contributed by atoms with Gasteiger partial charge >= 0.3 is 0 Å². The molecular formula is C11H13F2N. The fourth-order valence-corrected chi connectivity index (χ4v) is 1.48. The van der Waals surface area contributed by atoms with Gasteiger partial charge in [0.1, 0.15) is 0 Å². The predicted molar refractivity (Wildman–Crippen MR) is 51.3 cm³/mol. The molecule has 0 bridgehead atoms. The van der Waals surface area contributed by atoms with E-state index in [2.05, 4.69) is 5.32 Å². The maximum absolute atomic E-state index is 12.5. The second-order valence-electron chi connectivity index (χ2n) is 3.80. The number of halogens is 2. The minimum absolute atomic E-state index is 0.533. The van der Waals surface area contributed by atoms with E-state index in [4.69, 9.17) is 0 Å². The van der Waals surface area contributed by atoms with Crippen molar-refractivity contribution in [3.05, 3.63) is 35.9 Å². The van der Waals surface area contributed by atoms with Gasteiger partial charge in [-0.3, -0.25) is 0 Å². The largest absolute Gasteiger partial charge is 0.302 e. The lowest BCUT2D eigenvalue weighted by molar-refractivity contribution is 0.0848. The van der Waals surface area contributed by atoms with Crippen LogP contribution in [0.4, 0.5) is 8.78 Å². The molecule has 1 fully saturated rings. The number of nitrogens with one attached hydrogen (secondary N) is 1. The SMILES string of the molecule is FC(F)C1(NCc2ccccc2)CC1. The van der Waals surface area contributed by atoms with E-state index in [0.717, 1.165) is 5.56 Å². The molecule has 0 aliphatic heterocycles. The fourth-order valence-electron chi connectivity index (χ4n) is 1.48. The molecule has 2 rings (SSSR count). The van der Waals surface area contributed by atoms with Crippen LogP contribution in [-0.4, -0.2) is 12.0 Å². The molecule has 1 aromatic carbocycles. The first-order valence-corrected chi connectivity index (χ1v) is 4.80. The van der Waals surface area contributed by atoms with Gasteiger partial charge < -0.3 is 5.32 Å². The summed E-state index contributed by atoms with van der Waals surface area (Å²) in [6.07, 6.45) is -1.05. The Morgan fingerprint density at radius 2 is 1.86 bits per heavy atom. The van der Waals surface area contributed by atoms with Crippen LogP contribution in [0.1, 0.15) is 18.4 Å². The molecule has 0 spiro atoms. The standard InChI is InChI=1S/C11H13F2N/c12-10(13)11(6-7-11)14-8-9-4-2-1-3-5-9/h1-5,10,14H,6-8H2. The maximum Gasteiger partial charge on any atom is 0.256 e. The summed E-state index contributed by atoms with van der Waals surface area (Å²) in [5.74, 6) is 0. The Kier molecular flexibility index (Phi) is 2.50. The average Bonchev–Trinajstić information content (AvgIpc) is 2.97. The highest BCUT2D eigenvalue weighted by molar-refractivity contribution is 5.16. The summed E-state index contributed by atoms with van der Waals surface area (Å²) in [4.78, 5) is 0. The van der Waals surface area contributed by atoms with Gasteiger partial charge in [0.05, 0.1) is 5.54 Å². The van der Waals surface area contributed by atoms with Gasteiger partial charge in [0, 0.05) is 6.54 Å². The Labute approximate surface area is 82.1 Å². The van der Waals surface area contributed by atoms with E-state index in [1.807, 2.05) is 30.3 Å². The van der Waals surface area contributed by atoms with Gasteiger partial charge in [-0.2, -0.15) is 0 Å². The summed E-state index contributed by atoms with van der Waals surface area (Å²) in [6.45, 7) is 0.533. The first kappa shape index (κ1) is 9.59. The normalized spacial score (nSPS) is 18.5. The molecule has 1 saturated carbocycles. The lowest BCUT2D eigenvalue weighted by Gasteiger charge is -2.15. The molecular weight excluding hydrogens is 184 g/mol. The highest BCUT2D eigenvalue weighted by Crippen LogP contribution is 2.41. The van der Waals surface area contributed by atoms with E-state index in [-0.39, 0.29) is 0 Å². The Morgan fingerprint density at radius 1 is 1.21 bits per heavy atom. The molecule has 0 amide bonds. The van der Waals surface area contributed by atoms with Crippen LogP contribution in [0.3, 0.4) is 0 Å². The molecule has 1 N–H and O–H groups in total. The molecule has 3 heteroatoms. The molecule has 0 radical (unpaired) electrons. The quantitative estimate of drug-likeness (QED) is 0.782. The van der Waals surface area contributed by atoms with E-state index < -0.39 is 12.0 Å². The molecule has 0 heterocycles. The van der Waals surface area contributed by atoms with Gasteiger partial charge in [-0.15, -0.1) is 0 Å². The van der Waals surface area contributed by atoms with E-state index in [1.54, 1.807) is 0 Å². The van der Waals surface area contributed by atoms with Crippen LogP contribution in [0, 0.1) is 0 Å². The molecule has 0 atom stereocenters. The van der Waals surface area contributed by atoms with E-state index in [9.17, 15) is 8.78 Å². The Morgan fingerprint density at radius 3 is 2.36 bits per heavy atom. The number of rotatable bonds is 4. The Bertz CT molecular complexity index is 293. The summed E-state index contributed by atoms with van der Waals surface area (Å²) in [6, 6.07) is 9.63. The summed E-state index contributed by atoms with van der Waals surface area (Å²) in [7, 11) is 0. The van der Waals surface area contributed by atoms with Gasteiger partial charge in [-0.1, -0.05) is 30.3 Å². The molecule has 0 saturated heterocycles. The second kappa shape index (κ2) is 3.65. The highest BCUT2D eigenvalue weighted by atomic mass is 19.3. The fraction of sp³-hybridized carbons (Fsp3) is 0.455. The molecule has 1 aliphatic carbocycles. The molecule has 1 nitrogen and oxygen atoms in total. The van der Waals surface area contributed by atoms with Crippen LogP contribution in [-0.2, 0) is 6.54 Å². The van der Waals surface area contributed by atoms with Crippen molar-refractivity contribution in [3.63, 3.8) is 0 Å². The van der Waals surface area contributed by atoms with Gasteiger partial charge in [0.15, 0.2) is 0 Å². The summed E-state index contributed by atoms with van der Waals surface area (Å²) < 4.78 is 25.0. The van der Waals surface area contributed by atoms with Crippen molar-refractivity contribution in [3.8, 4) is 0 Å². The van der Waals surface area contributed by atoms with Crippen molar-refractivity contribution < 1.29 is 8.78 Å². The van der Waals surface area contributed by atoms with Crippen LogP contribution >= 0.6 is 0 Å². The second-order valence-corrected chi connectivity index (χ2v) is 3.80. The van der Waals surface area contributed by atoms with Crippen molar-refractivity contribution in [1.82, 2.24) is 5.32 Å². The number of hydrogen-bond donors (Lipinski definition) is 1. The third-order valence-electron chi connectivity index (χ3n) is 2.69. The monoisotopic (exact) mass is 197 g/mol. The van der Waals surface area contributed by atoms with E-state index in [0.29, 0.717) is 19.4 Å². The maximum atomic E-state index is 12.5. The van der Waals surface area contributed by atoms with Crippen molar-refractivity contribution >= 4 is 0 Å². The minimum Gasteiger partial charge on any atom is -0.302 e. The van der Waals surface area contributed by atoms with Crippen LogP contribution in [0.15, 0.2) is 30.3 Å². The summed E-state index contributed by atoms with van der Waals surface area (Å²) >= 11 is 0. The van der Waals surface area contributed by atoms with Crippen LogP contribution in [0.5, 0.6) is 0 Å². The van der Waals surface area contributed by atoms with Crippen molar-refractivity contribution in [1.29, 1.82) is 0 Å². The third-order valence-corrected chi connectivity index (χ3v) is 2.69. The lowest BCUT2D eigenvalue weighted by atomic mass is 10.2. The topological polar surface area (TPSA) is 12.0 Å². The molecule has 1 aromatic rings. The van der Waals surface area contributed by atoms with E-state index >= 15 is 0 Å². The van der Waals surface area contributed by atoms with Crippen LogP contribution in [0.2, 0.25) is 0 Å². The zero-order valence-corrected chi connectivity index (χ0v) is 7.84. The van der Waals surface area contributed by atoms with Crippen molar-refractivity contribution in [2.75, 3.05) is 0 Å². The minimum atomic E-state index is -2.24. The zero-order valence-electron chi connectivity index (χ0n) is 7.84. The van der Waals surface area contributed by atoms with Crippen molar-refractivity contribution in [2.45, 2.75) is 31.4 Å². The van der Waals surface area contributed by atoms with Gasteiger partial charge in [-0.05, 0) is 18.4 Å². The number of hydrogen-bond acceptors (Lipinski definition) is 1. The molecule has 1 aliphatic rings. The summed E-state index contributed by atoms with van der Waals surface area (Å²) in [5, 5.41) is 2.94. The number of benzene rings is 1. The van der Waals surface area contributed by atoms with Gasteiger partial charge in [0.2, 0.25) is 0 Å². The molecule has 76 valence electrons. The third kappa shape index (κ3) is 1.93. The summed E-state index contributed by atoms with van der Waals surface area (Å²) in [5.41, 5.74) is 0.176. The van der Waals surface area contributed by atoms with E-state index in [1.165, 1.54) is 0 Å². The average molecular weight is 197 g/mol. The van der Waals surface area contributed by atoms with Gasteiger partial charge in [0.25, 0.3) is 6.43 Å².